The number of hydrogen-bond acceptors (Lipinski definition) is 1. The first-order chi connectivity index (χ1) is 9.28. The molecule has 1 aliphatic rings. The van der Waals surface area contributed by atoms with Gasteiger partial charge in [0.25, 0.3) is 0 Å². The van der Waals surface area contributed by atoms with E-state index in [-0.39, 0.29) is 0 Å². The van der Waals surface area contributed by atoms with Crippen LogP contribution in [-0.2, 0) is 4.74 Å². The summed E-state index contributed by atoms with van der Waals surface area (Å²) in [6, 6.07) is 0. The summed E-state index contributed by atoms with van der Waals surface area (Å²) in [4.78, 5) is 0. The molecule has 1 nitrogen and oxygen atoms in total. The summed E-state index contributed by atoms with van der Waals surface area (Å²) >= 11 is 0. The average Bonchev–Trinajstić information content (AvgIpc) is 3.04. The van der Waals surface area contributed by atoms with E-state index in [1.807, 2.05) is 0 Å². The van der Waals surface area contributed by atoms with Crippen LogP contribution in [-0.4, -0.2) is 14.2 Å². The lowest BCUT2D eigenvalue weighted by Gasteiger charge is -1.79. The lowest BCUT2D eigenvalue weighted by Crippen LogP contribution is -1.66. The molecule has 0 heterocycles. The fourth-order valence-corrected chi connectivity index (χ4v) is 0.167. The monoisotopic (exact) mass is 288 g/mol. The third-order valence-electron chi connectivity index (χ3n) is 0.866. The third kappa shape index (κ3) is 753. The zero-order valence-electron chi connectivity index (χ0n) is 16.5. The van der Waals surface area contributed by atoms with E-state index in [9.17, 15) is 0 Å². The highest BCUT2D eigenvalue weighted by molar-refractivity contribution is 4.73. The molecular formula is C19H44O. The second-order valence-corrected chi connectivity index (χ2v) is 5.53. The smallest absolute Gasteiger partial charge is 0.0351 e. The first-order valence-electron chi connectivity index (χ1n) is 8.06. The summed E-state index contributed by atoms with van der Waals surface area (Å²) in [5.74, 6) is 4.17. The molecule has 0 aromatic carbocycles. The minimum absolute atomic E-state index is 0.833. The minimum Gasteiger partial charge on any atom is -0.388 e. The summed E-state index contributed by atoms with van der Waals surface area (Å²) < 4.78 is 4.25. The van der Waals surface area contributed by atoms with Gasteiger partial charge >= 0.3 is 0 Å². The molecular weight excluding hydrogens is 244 g/mol. The summed E-state index contributed by atoms with van der Waals surface area (Å²) in [7, 11) is 3.25. The van der Waals surface area contributed by atoms with Crippen molar-refractivity contribution in [1.82, 2.24) is 0 Å². The van der Waals surface area contributed by atoms with Gasteiger partial charge in [-0.25, -0.2) is 0 Å². The molecule has 1 saturated carbocycles. The second-order valence-electron chi connectivity index (χ2n) is 5.53. The van der Waals surface area contributed by atoms with Gasteiger partial charge in [0, 0.05) is 14.2 Å². The number of methoxy groups -OCH3 is 1. The van der Waals surface area contributed by atoms with Crippen LogP contribution in [0.5, 0.6) is 0 Å². The van der Waals surface area contributed by atoms with Crippen molar-refractivity contribution in [2.24, 2.45) is 11.8 Å². The van der Waals surface area contributed by atoms with E-state index in [0.717, 1.165) is 11.8 Å². The van der Waals surface area contributed by atoms with Crippen LogP contribution in [0.2, 0.25) is 0 Å². The van der Waals surface area contributed by atoms with Crippen molar-refractivity contribution in [3.63, 3.8) is 0 Å². The van der Waals surface area contributed by atoms with Gasteiger partial charge in [0.15, 0.2) is 0 Å². The van der Waals surface area contributed by atoms with Crippen molar-refractivity contribution < 1.29 is 4.74 Å². The Balaban J connectivity index is -0.0000000454. The van der Waals surface area contributed by atoms with Gasteiger partial charge in [-0.2, -0.15) is 0 Å². The minimum atomic E-state index is 0.833. The average molecular weight is 289 g/mol. The Morgan fingerprint density at radius 1 is 1.00 bits per heavy atom. The van der Waals surface area contributed by atoms with Crippen molar-refractivity contribution in [2.45, 2.75) is 88.0 Å². The van der Waals surface area contributed by atoms with Gasteiger partial charge < -0.3 is 4.74 Å². The molecule has 0 aliphatic heterocycles. The normalized spacial score (nSPS) is 10.2. The van der Waals surface area contributed by atoms with E-state index in [2.05, 4.69) is 72.5 Å². The third-order valence-corrected chi connectivity index (χ3v) is 0.866. The van der Waals surface area contributed by atoms with Crippen LogP contribution in [0, 0.1) is 24.2 Å². The maximum atomic E-state index is 4.60. The van der Waals surface area contributed by atoms with E-state index in [4.69, 9.17) is 0 Å². The Bertz CT molecular complexity index is 122. The Hall–Kier alpha value is -0.480. The fourth-order valence-electron chi connectivity index (χ4n) is 0.167. The SMILES string of the molecule is C#CC.CC(C)C.CC1CC1.CCC.CCC.COC. The van der Waals surface area contributed by atoms with Crippen LogP contribution >= 0.6 is 0 Å². The largest absolute Gasteiger partial charge is 0.388 e. The molecule has 0 aromatic rings. The van der Waals surface area contributed by atoms with Crippen LogP contribution in [0.25, 0.3) is 0 Å². The molecule has 0 unspecified atom stereocenters. The predicted octanol–water partition coefficient (Wildman–Crippen LogP) is 6.81. The lowest BCUT2D eigenvalue weighted by molar-refractivity contribution is 0.277. The van der Waals surface area contributed by atoms with Gasteiger partial charge in [0.05, 0.1) is 0 Å². The van der Waals surface area contributed by atoms with Crippen molar-refractivity contribution in [2.75, 3.05) is 14.2 Å². The molecule has 0 N–H and O–H groups in total. The van der Waals surface area contributed by atoms with Crippen molar-refractivity contribution >= 4 is 0 Å². The van der Waals surface area contributed by atoms with Crippen molar-refractivity contribution in [3.05, 3.63) is 0 Å². The maximum Gasteiger partial charge on any atom is 0.0351 e. The Kier molecular flexibility index (Phi) is 68.0. The van der Waals surface area contributed by atoms with Gasteiger partial charge in [-0.3, -0.25) is 0 Å². The maximum absolute atomic E-state index is 4.60. The highest BCUT2D eigenvalue weighted by Gasteiger charge is 2.12. The molecule has 0 saturated heterocycles. The quantitative estimate of drug-likeness (QED) is 0.445. The van der Waals surface area contributed by atoms with Gasteiger partial charge in [-0.15, -0.1) is 12.3 Å². The molecule has 0 atom stereocenters. The molecule has 0 amide bonds. The van der Waals surface area contributed by atoms with E-state index >= 15 is 0 Å². The molecule has 126 valence electrons. The Morgan fingerprint density at radius 3 is 1.05 bits per heavy atom. The first kappa shape index (κ1) is 31.8. The van der Waals surface area contributed by atoms with Crippen LogP contribution in [0.3, 0.4) is 0 Å². The fraction of sp³-hybridized carbons (Fsp3) is 0.895. The van der Waals surface area contributed by atoms with Crippen molar-refractivity contribution in [3.8, 4) is 12.3 Å². The molecule has 1 fully saturated rings. The van der Waals surface area contributed by atoms with Crippen LogP contribution < -0.4 is 0 Å². The molecule has 0 radical (unpaired) electrons. The van der Waals surface area contributed by atoms with Gasteiger partial charge in [-0.05, 0) is 18.8 Å². The molecule has 20 heavy (non-hydrogen) atoms. The molecule has 1 rings (SSSR count). The highest BCUT2D eigenvalue weighted by atomic mass is 16.4. The summed E-state index contributed by atoms with van der Waals surface area (Å²) in [5.41, 5.74) is 0. The molecule has 0 spiro atoms. The topological polar surface area (TPSA) is 9.23 Å². The zero-order valence-corrected chi connectivity index (χ0v) is 16.5. The zero-order chi connectivity index (χ0) is 17.4. The number of ether oxygens (including phenoxy) is 1. The number of rotatable bonds is 0. The van der Waals surface area contributed by atoms with E-state index in [1.54, 1.807) is 21.1 Å². The number of terminal acetylenes is 1. The summed E-state index contributed by atoms with van der Waals surface area (Å²) in [5, 5.41) is 0. The van der Waals surface area contributed by atoms with Crippen molar-refractivity contribution in [1.29, 1.82) is 0 Å². The van der Waals surface area contributed by atoms with E-state index in [0.29, 0.717) is 0 Å². The second kappa shape index (κ2) is 42.8. The first-order valence-corrected chi connectivity index (χ1v) is 8.06. The summed E-state index contributed by atoms with van der Waals surface area (Å²) in [6.07, 6.45) is 10.1. The predicted molar refractivity (Wildman–Crippen MR) is 98.3 cm³/mol. The van der Waals surface area contributed by atoms with Crippen LogP contribution in [0.1, 0.15) is 88.0 Å². The van der Waals surface area contributed by atoms with Gasteiger partial charge in [0.2, 0.25) is 0 Å². The lowest BCUT2D eigenvalue weighted by atomic mass is 10.3. The van der Waals surface area contributed by atoms with Gasteiger partial charge in [0.1, 0.15) is 0 Å². The van der Waals surface area contributed by atoms with Crippen LogP contribution in [0.15, 0.2) is 0 Å². The van der Waals surface area contributed by atoms with E-state index < -0.39 is 0 Å². The molecule has 0 aromatic heterocycles. The van der Waals surface area contributed by atoms with Gasteiger partial charge in [-0.1, -0.05) is 81.1 Å². The van der Waals surface area contributed by atoms with E-state index in [1.165, 1.54) is 25.7 Å². The molecule has 1 aliphatic carbocycles. The molecule has 0 bridgehead atoms. The Labute approximate surface area is 131 Å². The number of hydrogen-bond donors (Lipinski definition) is 0. The highest BCUT2D eigenvalue weighted by Crippen LogP contribution is 2.26. The summed E-state index contributed by atoms with van der Waals surface area (Å²) in [6.45, 7) is 18.9. The Morgan fingerprint density at radius 2 is 1.05 bits per heavy atom. The van der Waals surface area contributed by atoms with Crippen LogP contribution in [0.4, 0.5) is 0 Å². The molecule has 1 heteroatoms. The standard InChI is InChI=1S/C4H8.C4H10.2C3H8.C3H4.C2H6O/c1-4-2-3-4;1-4(2)3;4*1-3-2/h4H,2-3H2,1H3;4H,1-3H3;2*3H2,1-2H3;1H,2H3;1-2H3.